The third-order valence-electron chi connectivity index (χ3n) is 5.16. The van der Waals surface area contributed by atoms with E-state index in [1.165, 1.54) is 12.1 Å². The Kier molecular flexibility index (Phi) is 6.46. The van der Waals surface area contributed by atoms with Crippen molar-refractivity contribution in [2.24, 2.45) is 5.92 Å². The van der Waals surface area contributed by atoms with Crippen molar-refractivity contribution in [1.82, 2.24) is 10.0 Å². The quantitative estimate of drug-likeness (QED) is 0.772. The fourth-order valence-corrected chi connectivity index (χ4v) is 4.34. The number of sulfonamides is 1. The van der Waals surface area contributed by atoms with Crippen LogP contribution in [0.25, 0.3) is 0 Å². The molecule has 28 heavy (non-hydrogen) atoms. The van der Waals surface area contributed by atoms with Crippen LogP contribution in [0.5, 0.6) is 0 Å². The maximum absolute atomic E-state index is 12.9. The van der Waals surface area contributed by atoms with E-state index in [4.69, 9.17) is 0 Å². The Morgan fingerprint density at radius 3 is 2.21 bits per heavy atom. The molecule has 1 fully saturated rings. The van der Waals surface area contributed by atoms with Crippen molar-refractivity contribution in [3.05, 3.63) is 65.5 Å². The van der Waals surface area contributed by atoms with Crippen LogP contribution in [0.1, 0.15) is 48.5 Å². The summed E-state index contributed by atoms with van der Waals surface area (Å²) in [7, 11) is -3.72. The van der Waals surface area contributed by atoms with Crippen LogP contribution < -0.4 is 10.0 Å². The normalized spacial score (nSPS) is 19.9. The first-order chi connectivity index (χ1) is 13.3. The number of benzene rings is 2. The molecule has 2 N–H and O–H groups in total. The van der Waals surface area contributed by atoms with Gasteiger partial charge in [0.2, 0.25) is 10.0 Å². The SMILES string of the molecule is CC1CCC(NC(=O)c2ccc(CNS(=O)(=O)c3ccc(F)cc3)cc2)CC1. The molecule has 1 amide bonds. The van der Waals surface area contributed by atoms with Gasteiger partial charge in [-0.05, 0) is 73.6 Å². The lowest BCUT2D eigenvalue weighted by Gasteiger charge is -2.26. The first-order valence-electron chi connectivity index (χ1n) is 9.48. The van der Waals surface area contributed by atoms with Crippen molar-refractivity contribution < 1.29 is 17.6 Å². The minimum absolute atomic E-state index is 0.00620. The summed E-state index contributed by atoms with van der Waals surface area (Å²) in [4.78, 5) is 12.4. The van der Waals surface area contributed by atoms with Crippen LogP contribution in [0.4, 0.5) is 4.39 Å². The molecule has 0 atom stereocenters. The first-order valence-corrected chi connectivity index (χ1v) is 11.0. The van der Waals surface area contributed by atoms with Gasteiger partial charge in [0.05, 0.1) is 4.90 Å². The van der Waals surface area contributed by atoms with E-state index < -0.39 is 15.8 Å². The largest absolute Gasteiger partial charge is 0.349 e. The molecule has 0 bridgehead atoms. The summed E-state index contributed by atoms with van der Waals surface area (Å²) in [6, 6.07) is 11.7. The zero-order valence-corrected chi connectivity index (χ0v) is 16.6. The molecule has 3 rings (SSSR count). The standard InChI is InChI=1S/C21H25FN2O3S/c1-15-2-10-19(11-3-15)24-21(25)17-6-4-16(5-7-17)14-23-28(26,27)20-12-8-18(22)9-13-20/h4-9,12-13,15,19,23H,2-3,10-11,14H2,1H3,(H,24,25). The Labute approximate surface area is 165 Å². The zero-order valence-electron chi connectivity index (χ0n) is 15.8. The van der Waals surface area contributed by atoms with Crippen molar-refractivity contribution in [2.45, 2.75) is 50.1 Å². The molecule has 0 radical (unpaired) electrons. The molecule has 1 aliphatic carbocycles. The van der Waals surface area contributed by atoms with Crippen LogP contribution in [-0.2, 0) is 16.6 Å². The Morgan fingerprint density at radius 2 is 1.61 bits per heavy atom. The Morgan fingerprint density at radius 1 is 1.00 bits per heavy atom. The molecule has 0 heterocycles. The first kappa shape index (κ1) is 20.5. The van der Waals surface area contributed by atoms with Gasteiger partial charge in [0.25, 0.3) is 5.91 Å². The third kappa shape index (κ3) is 5.39. The second-order valence-electron chi connectivity index (χ2n) is 7.41. The fourth-order valence-electron chi connectivity index (χ4n) is 3.32. The van der Waals surface area contributed by atoms with Crippen LogP contribution in [0, 0.1) is 11.7 Å². The van der Waals surface area contributed by atoms with Gasteiger partial charge in [0.15, 0.2) is 0 Å². The van der Waals surface area contributed by atoms with Crippen LogP contribution in [-0.4, -0.2) is 20.4 Å². The lowest BCUT2D eigenvalue weighted by molar-refractivity contribution is 0.0923. The number of hydrogen-bond donors (Lipinski definition) is 2. The maximum atomic E-state index is 12.9. The predicted molar refractivity (Wildman–Crippen MR) is 106 cm³/mol. The van der Waals surface area contributed by atoms with Gasteiger partial charge in [-0.1, -0.05) is 19.1 Å². The van der Waals surface area contributed by atoms with Gasteiger partial charge in [0.1, 0.15) is 5.82 Å². The number of carbonyl (C=O) groups is 1. The van der Waals surface area contributed by atoms with E-state index in [9.17, 15) is 17.6 Å². The fraction of sp³-hybridized carbons (Fsp3) is 0.381. The van der Waals surface area contributed by atoms with Crippen molar-refractivity contribution >= 4 is 15.9 Å². The molecule has 5 nitrogen and oxygen atoms in total. The summed E-state index contributed by atoms with van der Waals surface area (Å²) in [5.74, 6) is 0.139. The molecule has 0 aromatic heterocycles. The van der Waals surface area contributed by atoms with E-state index in [0.717, 1.165) is 49.3 Å². The highest BCUT2D eigenvalue weighted by molar-refractivity contribution is 7.89. The van der Waals surface area contributed by atoms with Crippen molar-refractivity contribution in [3.8, 4) is 0 Å². The average molecular weight is 405 g/mol. The second kappa shape index (κ2) is 8.84. The lowest BCUT2D eigenvalue weighted by atomic mass is 9.87. The minimum Gasteiger partial charge on any atom is -0.349 e. The van der Waals surface area contributed by atoms with E-state index >= 15 is 0 Å². The Bertz CT molecular complexity index is 904. The number of hydrogen-bond acceptors (Lipinski definition) is 3. The van der Waals surface area contributed by atoms with E-state index in [1.54, 1.807) is 24.3 Å². The van der Waals surface area contributed by atoms with Crippen molar-refractivity contribution in [2.75, 3.05) is 0 Å². The molecule has 1 aliphatic rings. The molecule has 150 valence electrons. The summed E-state index contributed by atoms with van der Waals surface area (Å²) in [6.45, 7) is 2.32. The van der Waals surface area contributed by atoms with E-state index in [-0.39, 0.29) is 23.4 Å². The third-order valence-corrected chi connectivity index (χ3v) is 6.57. The van der Waals surface area contributed by atoms with Gasteiger partial charge in [-0.15, -0.1) is 0 Å². The molecule has 0 unspecified atom stereocenters. The molecular formula is C21H25FN2O3S. The van der Waals surface area contributed by atoms with Crippen LogP contribution in [0.3, 0.4) is 0 Å². The average Bonchev–Trinajstić information content (AvgIpc) is 2.69. The smallest absolute Gasteiger partial charge is 0.251 e. The van der Waals surface area contributed by atoms with E-state index in [2.05, 4.69) is 17.0 Å². The molecule has 0 saturated heterocycles. The monoisotopic (exact) mass is 404 g/mol. The zero-order chi connectivity index (χ0) is 20.1. The van der Waals surface area contributed by atoms with Gasteiger partial charge >= 0.3 is 0 Å². The van der Waals surface area contributed by atoms with Crippen molar-refractivity contribution in [3.63, 3.8) is 0 Å². The highest BCUT2D eigenvalue weighted by Crippen LogP contribution is 2.23. The number of nitrogens with one attached hydrogen (secondary N) is 2. The summed E-state index contributed by atoms with van der Waals surface area (Å²) in [5.41, 5.74) is 1.29. The van der Waals surface area contributed by atoms with Crippen LogP contribution >= 0.6 is 0 Å². The highest BCUT2D eigenvalue weighted by atomic mass is 32.2. The lowest BCUT2D eigenvalue weighted by Crippen LogP contribution is -2.37. The summed E-state index contributed by atoms with van der Waals surface area (Å²) in [6.07, 6.45) is 4.29. The molecule has 0 aliphatic heterocycles. The molecular weight excluding hydrogens is 379 g/mol. The van der Waals surface area contributed by atoms with Crippen molar-refractivity contribution in [1.29, 1.82) is 0 Å². The van der Waals surface area contributed by atoms with E-state index in [0.29, 0.717) is 5.56 Å². The Balaban J connectivity index is 1.55. The maximum Gasteiger partial charge on any atom is 0.251 e. The summed E-state index contributed by atoms with van der Waals surface area (Å²) in [5, 5.41) is 3.08. The highest BCUT2D eigenvalue weighted by Gasteiger charge is 2.20. The summed E-state index contributed by atoms with van der Waals surface area (Å²) >= 11 is 0. The van der Waals surface area contributed by atoms with Gasteiger partial charge in [-0.2, -0.15) is 0 Å². The topological polar surface area (TPSA) is 75.3 Å². The van der Waals surface area contributed by atoms with Gasteiger partial charge in [-0.25, -0.2) is 17.5 Å². The van der Waals surface area contributed by atoms with Gasteiger partial charge < -0.3 is 5.32 Å². The second-order valence-corrected chi connectivity index (χ2v) is 9.17. The number of rotatable bonds is 6. The van der Waals surface area contributed by atoms with Crippen LogP contribution in [0.15, 0.2) is 53.4 Å². The molecule has 1 saturated carbocycles. The molecule has 0 spiro atoms. The molecule has 2 aromatic rings. The minimum atomic E-state index is -3.72. The van der Waals surface area contributed by atoms with E-state index in [1.807, 2.05) is 0 Å². The predicted octanol–water partition coefficient (Wildman–Crippen LogP) is 3.61. The molecule has 2 aromatic carbocycles. The van der Waals surface area contributed by atoms with Crippen LogP contribution in [0.2, 0.25) is 0 Å². The van der Waals surface area contributed by atoms with Gasteiger partial charge in [0, 0.05) is 18.2 Å². The summed E-state index contributed by atoms with van der Waals surface area (Å²) < 4.78 is 39.9. The van der Waals surface area contributed by atoms with Gasteiger partial charge in [-0.3, -0.25) is 4.79 Å². The Hall–Kier alpha value is -2.25. The number of halogens is 1. The molecule has 7 heteroatoms. The number of amides is 1. The number of carbonyl (C=O) groups excluding carboxylic acids is 1.